The summed E-state index contributed by atoms with van der Waals surface area (Å²) in [4.78, 5) is 0. The first kappa shape index (κ1) is 15.8. The van der Waals surface area contributed by atoms with Crippen LogP contribution in [0.1, 0.15) is 33.3 Å². The monoisotopic (exact) mass is 385 g/mol. The molecule has 1 aromatic rings. The summed E-state index contributed by atoms with van der Waals surface area (Å²) in [5.74, 6) is -1.88. The van der Waals surface area contributed by atoms with E-state index in [1.54, 1.807) is 20.8 Å². The molecular weight excluding hydrogens is 371 g/mol. The first-order valence-electron chi connectivity index (χ1n) is 5.25. The van der Waals surface area contributed by atoms with Crippen LogP contribution < -0.4 is 0 Å². The van der Waals surface area contributed by atoms with Gasteiger partial charge in [0.1, 0.15) is 16.1 Å². The van der Waals surface area contributed by atoms with E-state index < -0.39 is 27.7 Å². The lowest BCUT2D eigenvalue weighted by Gasteiger charge is -2.18. The molecule has 0 saturated carbocycles. The van der Waals surface area contributed by atoms with Crippen molar-refractivity contribution in [2.75, 3.05) is 0 Å². The smallest absolute Gasteiger partial charge is 0.168 e. The fourth-order valence-corrected chi connectivity index (χ4v) is 2.34. The molecule has 0 heterocycles. The van der Waals surface area contributed by atoms with Crippen LogP contribution in [0.3, 0.4) is 0 Å². The third kappa shape index (κ3) is 3.89. The zero-order valence-electron chi connectivity index (χ0n) is 10.6. The minimum Gasteiger partial charge on any atom is -0.591 e. The van der Waals surface area contributed by atoms with Crippen LogP contribution in [0.4, 0.5) is 8.78 Å². The Bertz CT molecular complexity index is 486. The Labute approximate surface area is 122 Å². The molecule has 0 N–H and O–H groups in total. The predicted octanol–water partition coefficient (Wildman–Crippen LogP) is 3.84. The lowest BCUT2D eigenvalue weighted by Crippen LogP contribution is -2.26. The van der Waals surface area contributed by atoms with Crippen molar-refractivity contribution in [2.45, 2.75) is 32.4 Å². The number of hydrogen-bond acceptors (Lipinski definition) is 2. The molecule has 0 spiro atoms. The number of nitrogens with zero attached hydrogens (tertiary/aromatic N) is 1. The van der Waals surface area contributed by atoms with Crippen molar-refractivity contribution in [3.63, 3.8) is 0 Å². The van der Waals surface area contributed by atoms with Gasteiger partial charge in [0.15, 0.2) is 11.6 Å². The first-order chi connectivity index (χ1) is 8.12. The average molecular weight is 385 g/mol. The van der Waals surface area contributed by atoms with Gasteiger partial charge in [0.2, 0.25) is 0 Å². The van der Waals surface area contributed by atoms with Gasteiger partial charge in [-0.25, -0.2) is 8.78 Å². The molecule has 0 aliphatic rings. The molecular formula is C12H14F2INOS. The molecule has 0 aliphatic carbocycles. The Morgan fingerprint density at radius 2 is 1.89 bits per heavy atom. The molecule has 18 heavy (non-hydrogen) atoms. The van der Waals surface area contributed by atoms with Crippen LogP contribution in [0, 0.1) is 15.2 Å². The maximum Gasteiger partial charge on any atom is 0.168 e. The highest BCUT2D eigenvalue weighted by Gasteiger charge is 2.27. The molecule has 1 unspecified atom stereocenters. The average Bonchev–Trinajstić information content (AvgIpc) is 2.21. The van der Waals surface area contributed by atoms with E-state index in [9.17, 15) is 13.3 Å². The zero-order valence-corrected chi connectivity index (χ0v) is 13.5. The summed E-state index contributed by atoms with van der Waals surface area (Å²) in [5, 5.41) is 0. The summed E-state index contributed by atoms with van der Waals surface area (Å²) < 4.78 is 42.7. The van der Waals surface area contributed by atoms with E-state index >= 15 is 0 Å². The Morgan fingerprint density at radius 1 is 1.33 bits per heavy atom. The molecule has 100 valence electrons. The highest BCUT2D eigenvalue weighted by Crippen LogP contribution is 2.21. The number of hydrogen-bond donors (Lipinski definition) is 0. The van der Waals surface area contributed by atoms with Gasteiger partial charge in [-0.3, -0.25) is 0 Å². The van der Waals surface area contributed by atoms with Crippen LogP contribution in [0.15, 0.2) is 16.5 Å². The molecule has 2 nitrogen and oxygen atoms in total. The fraction of sp³-hybridized carbons (Fsp3) is 0.417. The number of rotatable bonds is 2. The summed E-state index contributed by atoms with van der Waals surface area (Å²) in [6.45, 7) is 6.83. The Hall–Kier alpha value is -0.210. The summed E-state index contributed by atoms with van der Waals surface area (Å²) in [6, 6.07) is 2.59. The van der Waals surface area contributed by atoms with E-state index in [1.807, 2.05) is 22.6 Å². The van der Waals surface area contributed by atoms with E-state index in [4.69, 9.17) is 0 Å². The lowest BCUT2D eigenvalue weighted by molar-refractivity contribution is 0.506. The Kier molecular flexibility index (Phi) is 5.13. The van der Waals surface area contributed by atoms with E-state index in [1.165, 1.54) is 13.0 Å². The summed E-state index contributed by atoms with van der Waals surface area (Å²) in [7, 11) is 0. The van der Waals surface area contributed by atoms with Crippen molar-refractivity contribution in [3.8, 4) is 0 Å². The van der Waals surface area contributed by atoms with Crippen LogP contribution >= 0.6 is 22.6 Å². The second-order valence-electron chi connectivity index (χ2n) is 4.79. The van der Waals surface area contributed by atoms with Crippen LogP contribution in [-0.4, -0.2) is 15.0 Å². The molecule has 0 fully saturated rings. The Morgan fingerprint density at radius 3 is 2.39 bits per heavy atom. The number of halogens is 3. The molecule has 1 aromatic carbocycles. The SMILES string of the molecule is C/C(=N\[S+]([O-])C(C)(C)C)c1cc(I)cc(F)c1F. The molecule has 6 heteroatoms. The summed E-state index contributed by atoms with van der Waals surface area (Å²) in [6.07, 6.45) is 0. The van der Waals surface area contributed by atoms with Gasteiger partial charge in [-0.15, -0.1) is 0 Å². The van der Waals surface area contributed by atoms with E-state index in [0.29, 0.717) is 3.57 Å². The highest BCUT2D eigenvalue weighted by molar-refractivity contribution is 14.1. The predicted molar refractivity (Wildman–Crippen MR) is 79.2 cm³/mol. The quantitative estimate of drug-likeness (QED) is 0.330. The van der Waals surface area contributed by atoms with E-state index in [0.717, 1.165) is 6.07 Å². The Balaban J connectivity index is 3.19. The van der Waals surface area contributed by atoms with E-state index in [2.05, 4.69) is 4.40 Å². The van der Waals surface area contributed by atoms with Gasteiger partial charge < -0.3 is 4.55 Å². The minimum absolute atomic E-state index is 0.0528. The van der Waals surface area contributed by atoms with Crippen molar-refractivity contribution in [3.05, 3.63) is 32.9 Å². The maximum absolute atomic E-state index is 13.6. The molecule has 1 atom stereocenters. The first-order valence-corrected chi connectivity index (χ1v) is 7.43. The van der Waals surface area contributed by atoms with Crippen molar-refractivity contribution in [2.24, 2.45) is 4.40 Å². The van der Waals surface area contributed by atoms with Gasteiger partial charge in [-0.2, -0.15) is 0 Å². The molecule has 0 saturated heterocycles. The van der Waals surface area contributed by atoms with Crippen molar-refractivity contribution in [1.82, 2.24) is 0 Å². The third-order valence-electron chi connectivity index (χ3n) is 2.13. The van der Waals surface area contributed by atoms with E-state index in [-0.39, 0.29) is 11.3 Å². The lowest BCUT2D eigenvalue weighted by atomic mass is 10.1. The van der Waals surface area contributed by atoms with Crippen molar-refractivity contribution < 1.29 is 13.3 Å². The molecule has 0 bridgehead atoms. The van der Waals surface area contributed by atoms with Gasteiger partial charge in [-0.05, 0) is 62.4 Å². The van der Waals surface area contributed by atoms with Gasteiger partial charge in [0.25, 0.3) is 0 Å². The molecule has 0 radical (unpaired) electrons. The van der Waals surface area contributed by atoms with Crippen LogP contribution in [-0.2, 0) is 11.4 Å². The van der Waals surface area contributed by atoms with Crippen LogP contribution in [0.25, 0.3) is 0 Å². The van der Waals surface area contributed by atoms with Gasteiger partial charge in [0.05, 0.1) is 5.71 Å². The fourth-order valence-electron chi connectivity index (χ4n) is 1.13. The van der Waals surface area contributed by atoms with Crippen LogP contribution in [0.5, 0.6) is 0 Å². The standard InChI is InChI=1S/C12H14F2INOS/c1-7(16-18(17)12(2,3)4)9-5-8(15)6-10(13)11(9)14/h5-6H,1-4H3/b16-7+. The summed E-state index contributed by atoms with van der Waals surface area (Å²) in [5.41, 5.74) is 0.287. The third-order valence-corrected chi connectivity index (χ3v) is 4.24. The minimum atomic E-state index is -1.49. The topological polar surface area (TPSA) is 35.4 Å². The maximum atomic E-state index is 13.6. The van der Waals surface area contributed by atoms with Crippen LogP contribution in [0.2, 0.25) is 0 Å². The van der Waals surface area contributed by atoms with Gasteiger partial charge in [0, 0.05) is 9.13 Å². The highest BCUT2D eigenvalue weighted by atomic mass is 127. The normalized spacial score (nSPS) is 14.8. The van der Waals surface area contributed by atoms with Gasteiger partial charge >= 0.3 is 0 Å². The molecule has 0 amide bonds. The second-order valence-corrected chi connectivity index (χ2v) is 7.94. The second kappa shape index (κ2) is 5.83. The zero-order chi connectivity index (χ0) is 14.1. The molecule has 0 aliphatic heterocycles. The largest absolute Gasteiger partial charge is 0.591 e. The van der Waals surface area contributed by atoms with Gasteiger partial charge in [-0.1, -0.05) is 4.40 Å². The number of benzene rings is 1. The molecule has 0 aromatic heterocycles. The molecule has 1 rings (SSSR count). The van der Waals surface area contributed by atoms with Crippen molar-refractivity contribution >= 4 is 39.7 Å². The summed E-state index contributed by atoms with van der Waals surface area (Å²) >= 11 is 0.400. The van der Waals surface area contributed by atoms with Crippen molar-refractivity contribution in [1.29, 1.82) is 0 Å².